The van der Waals surface area contributed by atoms with Gasteiger partial charge in [0, 0.05) is 12.6 Å². The van der Waals surface area contributed by atoms with E-state index in [0.29, 0.717) is 12.5 Å². The predicted octanol–water partition coefficient (Wildman–Crippen LogP) is 3.47. The van der Waals surface area contributed by atoms with Crippen LogP contribution in [0.15, 0.2) is 54.6 Å². The van der Waals surface area contributed by atoms with E-state index in [9.17, 15) is 4.79 Å². The molecule has 0 aromatic heterocycles. The molecule has 120 valence electrons. The summed E-state index contributed by atoms with van der Waals surface area (Å²) in [5.41, 5.74) is 2.35. The molecule has 2 aromatic rings. The fourth-order valence-electron chi connectivity index (χ4n) is 3.28. The zero-order chi connectivity index (χ0) is 16.1. The quantitative estimate of drug-likeness (QED) is 0.846. The molecule has 1 unspecified atom stereocenters. The number of methoxy groups -OCH3 is 1. The molecule has 1 atom stereocenters. The molecule has 3 rings (SSSR count). The summed E-state index contributed by atoms with van der Waals surface area (Å²) in [5.74, 6) is 1.05. The second-order valence-electron chi connectivity index (χ2n) is 6.10. The van der Waals surface area contributed by atoms with E-state index >= 15 is 0 Å². The van der Waals surface area contributed by atoms with Gasteiger partial charge in [-0.3, -0.25) is 4.79 Å². The predicted molar refractivity (Wildman–Crippen MR) is 91.6 cm³/mol. The largest absolute Gasteiger partial charge is 0.497 e. The zero-order valence-corrected chi connectivity index (χ0v) is 13.6. The summed E-state index contributed by atoms with van der Waals surface area (Å²) in [7, 11) is 1.65. The van der Waals surface area contributed by atoms with Crippen LogP contribution in [0.2, 0.25) is 0 Å². The average Bonchev–Trinajstić information content (AvgIpc) is 3.05. The molecule has 0 radical (unpaired) electrons. The van der Waals surface area contributed by atoms with E-state index in [1.165, 1.54) is 5.56 Å². The Morgan fingerprint density at radius 2 is 1.83 bits per heavy atom. The van der Waals surface area contributed by atoms with Crippen LogP contribution in [0.4, 0.5) is 0 Å². The summed E-state index contributed by atoms with van der Waals surface area (Å²) >= 11 is 0. The molecular formula is C20H23NO2. The number of benzene rings is 2. The molecule has 3 heteroatoms. The summed E-state index contributed by atoms with van der Waals surface area (Å²) in [5, 5.41) is 0. The van der Waals surface area contributed by atoms with E-state index in [4.69, 9.17) is 4.74 Å². The van der Waals surface area contributed by atoms with Crippen LogP contribution in [0.25, 0.3) is 0 Å². The van der Waals surface area contributed by atoms with Crippen molar-refractivity contribution in [3.63, 3.8) is 0 Å². The van der Waals surface area contributed by atoms with Crippen molar-refractivity contribution in [3.05, 3.63) is 65.7 Å². The highest BCUT2D eigenvalue weighted by molar-refractivity contribution is 5.79. The normalized spacial score (nSPS) is 17.3. The van der Waals surface area contributed by atoms with Gasteiger partial charge in [-0.05, 0) is 42.5 Å². The standard InChI is InChI=1S/C20H23NO2/c1-23-19-11-9-17(10-12-19)15-20(22)21-13-5-8-18(21)14-16-6-3-2-4-7-16/h2-4,6-7,9-12,18H,5,8,13-15H2,1H3. The maximum absolute atomic E-state index is 12.7. The van der Waals surface area contributed by atoms with Gasteiger partial charge in [0.05, 0.1) is 13.5 Å². The first kappa shape index (κ1) is 15.6. The van der Waals surface area contributed by atoms with Gasteiger partial charge in [-0.1, -0.05) is 42.5 Å². The van der Waals surface area contributed by atoms with Gasteiger partial charge in [0.15, 0.2) is 0 Å². The summed E-state index contributed by atoms with van der Waals surface area (Å²) in [6.45, 7) is 0.881. The Morgan fingerprint density at radius 3 is 2.52 bits per heavy atom. The maximum Gasteiger partial charge on any atom is 0.227 e. The van der Waals surface area contributed by atoms with Gasteiger partial charge < -0.3 is 9.64 Å². The first-order valence-electron chi connectivity index (χ1n) is 8.22. The number of ether oxygens (including phenoxy) is 1. The Bertz CT molecular complexity index is 636. The van der Waals surface area contributed by atoms with Crippen LogP contribution in [-0.2, 0) is 17.6 Å². The molecule has 3 nitrogen and oxygen atoms in total. The highest BCUT2D eigenvalue weighted by Crippen LogP contribution is 2.22. The molecule has 1 amide bonds. The fourth-order valence-corrected chi connectivity index (χ4v) is 3.28. The summed E-state index contributed by atoms with van der Waals surface area (Å²) in [6, 6.07) is 18.5. The number of hydrogen-bond acceptors (Lipinski definition) is 2. The summed E-state index contributed by atoms with van der Waals surface area (Å²) in [4.78, 5) is 14.7. The van der Waals surface area contributed by atoms with Crippen molar-refractivity contribution in [3.8, 4) is 5.75 Å². The summed E-state index contributed by atoms with van der Waals surface area (Å²) < 4.78 is 5.16. The van der Waals surface area contributed by atoms with E-state index in [2.05, 4.69) is 29.2 Å². The molecule has 1 saturated heterocycles. The van der Waals surface area contributed by atoms with Crippen molar-refractivity contribution in [1.82, 2.24) is 4.90 Å². The van der Waals surface area contributed by atoms with Gasteiger partial charge in [0.1, 0.15) is 5.75 Å². The van der Waals surface area contributed by atoms with Gasteiger partial charge in [-0.2, -0.15) is 0 Å². The van der Waals surface area contributed by atoms with Gasteiger partial charge in [0.2, 0.25) is 5.91 Å². The Balaban J connectivity index is 1.63. The lowest BCUT2D eigenvalue weighted by molar-refractivity contribution is -0.131. The van der Waals surface area contributed by atoms with Crippen molar-refractivity contribution in [2.75, 3.05) is 13.7 Å². The van der Waals surface area contributed by atoms with Crippen molar-refractivity contribution in [1.29, 1.82) is 0 Å². The number of amides is 1. The van der Waals surface area contributed by atoms with E-state index in [-0.39, 0.29) is 5.91 Å². The lowest BCUT2D eigenvalue weighted by Gasteiger charge is -2.25. The third-order valence-electron chi connectivity index (χ3n) is 4.53. The van der Waals surface area contributed by atoms with Crippen molar-refractivity contribution in [2.24, 2.45) is 0 Å². The smallest absolute Gasteiger partial charge is 0.227 e. The highest BCUT2D eigenvalue weighted by atomic mass is 16.5. The summed E-state index contributed by atoms with van der Waals surface area (Å²) in [6.07, 6.45) is 3.62. The SMILES string of the molecule is COc1ccc(CC(=O)N2CCCC2Cc2ccccc2)cc1. The minimum Gasteiger partial charge on any atom is -0.497 e. The molecule has 0 spiro atoms. The van der Waals surface area contributed by atoms with Crippen LogP contribution >= 0.6 is 0 Å². The molecular weight excluding hydrogens is 286 g/mol. The second-order valence-corrected chi connectivity index (χ2v) is 6.10. The first-order chi connectivity index (χ1) is 11.3. The number of carbonyl (C=O) groups excluding carboxylic acids is 1. The molecule has 23 heavy (non-hydrogen) atoms. The number of carbonyl (C=O) groups is 1. The van der Waals surface area contributed by atoms with Crippen molar-refractivity contribution >= 4 is 5.91 Å². The van der Waals surface area contributed by atoms with E-state index in [0.717, 1.165) is 37.1 Å². The number of hydrogen-bond donors (Lipinski definition) is 0. The van der Waals surface area contributed by atoms with Gasteiger partial charge in [-0.25, -0.2) is 0 Å². The molecule has 1 aliphatic rings. The first-order valence-corrected chi connectivity index (χ1v) is 8.22. The maximum atomic E-state index is 12.7. The second kappa shape index (κ2) is 7.32. The van der Waals surface area contributed by atoms with Crippen LogP contribution in [0, 0.1) is 0 Å². The van der Waals surface area contributed by atoms with Crippen LogP contribution in [0.1, 0.15) is 24.0 Å². The molecule has 1 heterocycles. The number of rotatable bonds is 5. The number of likely N-dealkylation sites (tertiary alicyclic amines) is 1. The topological polar surface area (TPSA) is 29.5 Å². The molecule has 0 saturated carbocycles. The molecule has 0 bridgehead atoms. The lowest BCUT2D eigenvalue weighted by Crippen LogP contribution is -2.37. The minimum absolute atomic E-state index is 0.230. The Labute approximate surface area is 137 Å². The molecule has 1 aliphatic heterocycles. The third-order valence-corrected chi connectivity index (χ3v) is 4.53. The van der Waals surface area contributed by atoms with E-state index in [1.807, 2.05) is 30.3 Å². The molecule has 0 aliphatic carbocycles. The van der Waals surface area contributed by atoms with Crippen molar-refractivity contribution in [2.45, 2.75) is 31.7 Å². The van der Waals surface area contributed by atoms with Gasteiger partial charge in [-0.15, -0.1) is 0 Å². The third kappa shape index (κ3) is 3.92. The van der Waals surface area contributed by atoms with Crippen LogP contribution in [0.3, 0.4) is 0 Å². The monoisotopic (exact) mass is 309 g/mol. The van der Waals surface area contributed by atoms with Crippen LogP contribution in [0.5, 0.6) is 5.75 Å². The molecule has 2 aromatic carbocycles. The Hall–Kier alpha value is -2.29. The van der Waals surface area contributed by atoms with Gasteiger partial charge in [0.25, 0.3) is 0 Å². The molecule has 0 N–H and O–H groups in total. The Kier molecular flexibility index (Phi) is 4.96. The minimum atomic E-state index is 0.230. The van der Waals surface area contributed by atoms with Crippen molar-refractivity contribution < 1.29 is 9.53 Å². The van der Waals surface area contributed by atoms with Crippen LogP contribution < -0.4 is 4.74 Å². The van der Waals surface area contributed by atoms with Crippen LogP contribution in [-0.4, -0.2) is 30.5 Å². The highest BCUT2D eigenvalue weighted by Gasteiger charge is 2.28. The van der Waals surface area contributed by atoms with E-state index in [1.54, 1.807) is 7.11 Å². The average molecular weight is 309 g/mol. The number of nitrogens with zero attached hydrogens (tertiary/aromatic N) is 1. The Morgan fingerprint density at radius 1 is 1.09 bits per heavy atom. The molecule has 1 fully saturated rings. The zero-order valence-electron chi connectivity index (χ0n) is 13.6. The van der Waals surface area contributed by atoms with E-state index < -0.39 is 0 Å². The lowest BCUT2D eigenvalue weighted by atomic mass is 10.0. The fraction of sp³-hybridized carbons (Fsp3) is 0.350. The van der Waals surface area contributed by atoms with Gasteiger partial charge >= 0.3 is 0 Å².